The predicted molar refractivity (Wildman–Crippen MR) is 107 cm³/mol. The number of fused-ring (bicyclic) bond motifs is 1. The molecule has 4 rings (SSSR count). The SMILES string of the molecule is CC(O)CCc1nc(-c2ccccc2)c(-c2nc3c(N)ncnc3s2)n1C. The molecule has 3 heterocycles. The first-order chi connectivity index (χ1) is 13.0. The molecule has 0 aliphatic carbocycles. The number of aliphatic hydroxyl groups excluding tert-OH is 1. The van der Waals surface area contributed by atoms with Gasteiger partial charge < -0.3 is 15.4 Å². The van der Waals surface area contributed by atoms with Crippen molar-refractivity contribution in [2.24, 2.45) is 7.05 Å². The van der Waals surface area contributed by atoms with E-state index in [-0.39, 0.29) is 6.10 Å². The molecule has 0 fully saturated rings. The summed E-state index contributed by atoms with van der Waals surface area (Å²) in [7, 11) is 1.98. The van der Waals surface area contributed by atoms with Crippen LogP contribution < -0.4 is 5.73 Å². The van der Waals surface area contributed by atoms with Crippen molar-refractivity contribution in [1.82, 2.24) is 24.5 Å². The Morgan fingerprint density at radius 1 is 1.19 bits per heavy atom. The van der Waals surface area contributed by atoms with Crippen LogP contribution in [0.1, 0.15) is 19.2 Å². The lowest BCUT2D eigenvalue weighted by molar-refractivity contribution is 0.184. The highest BCUT2D eigenvalue weighted by molar-refractivity contribution is 7.21. The van der Waals surface area contributed by atoms with Gasteiger partial charge in [-0.15, -0.1) is 0 Å². The van der Waals surface area contributed by atoms with Crippen LogP contribution in [0, 0.1) is 0 Å². The molecular weight excluding hydrogens is 360 g/mol. The zero-order chi connectivity index (χ0) is 19.0. The van der Waals surface area contributed by atoms with Gasteiger partial charge in [0.2, 0.25) is 0 Å². The third-order valence-corrected chi connectivity index (χ3v) is 5.42. The maximum absolute atomic E-state index is 9.66. The van der Waals surface area contributed by atoms with Crippen LogP contribution in [0.4, 0.5) is 5.82 Å². The van der Waals surface area contributed by atoms with E-state index in [9.17, 15) is 5.11 Å². The van der Waals surface area contributed by atoms with Crippen LogP contribution in [-0.4, -0.2) is 35.7 Å². The number of hydrogen-bond acceptors (Lipinski definition) is 7. The fraction of sp³-hybridized carbons (Fsp3) is 0.263. The van der Waals surface area contributed by atoms with Gasteiger partial charge in [-0.3, -0.25) is 0 Å². The summed E-state index contributed by atoms with van der Waals surface area (Å²) in [5.74, 6) is 1.28. The van der Waals surface area contributed by atoms with Crippen LogP contribution in [-0.2, 0) is 13.5 Å². The summed E-state index contributed by atoms with van der Waals surface area (Å²) >= 11 is 1.47. The maximum Gasteiger partial charge on any atom is 0.154 e. The molecule has 138 valence electrons. The number of thiazole rings is 1. The lowest BCUT2D eigenvalue weighted by Gasteiger charge is -2.06. The van der Waals surface area contributed by atoms with Gasteiger partial charge in [0.25, 0.3) is 0 Å². The molecule has 4 aromatic rings. The van der Waals surface area contributed by atoms with Crippen LogP contribution >= 0.6 is 11.3 Å². The summed E-state index contributed by atoms with van der Waals surface area (Å²) in [6, 6.07) is 10.0. The second kappa shape index (κ2) is 7.05. The van der Waals surface area contributed by atoms with Crippen molar-refractivity contribution in [3.8, 4) is 22.0 Å². The maximum atomic E-state index is 9.66. The number of aliphatic hydroxyl groups is 1. The van der Waals surface area contributed by atoms with Gasteiger partial charge in [-0.05, 0) is 13.3 Å². The predicted octanol–water partition coefficient (Wildman–Crippen LogP) is 3.05. The Bertz CT molecular complexity index is 1090. The van der Waals surface area contributed by atoms with Crippen LogP contribution in [0.25, 0.3) is 32.3 Å². The van der Waals surface area contributed by atoms with Crippen molar-refractivity contribution in [3.05, 3.63) is 42.5 Å². The second-order valence-electron chi connectivity index (χ2n) is 6.47. The monoisotopic (exact) mass is 380 g/mol. The fourth-order valence-electron chi connectivity index (χ4n) is 3.02. The Balaban J connectivity index is 1.90. The number of aryl methyl sites for hydroxylation is 1. The first kappa shape index (κ1) is 17.6. The molecular formula is C19H20N6OS. The van der Waals surface area contributed by atoms with E-state index in [4.69, 9.17) is 15.7 Å². The number of rotatable bonds is 5. The lowest BCUT2D eigenvalue weighted by Crippen LogP contribution is -2.06. The van der Waals surface area contributed by atoms with E-state index < -0.39 is 0 Å². The summed E-state index contributed by atoms with van der Waals surface area (Å²) in [4.78, 5) is 18.6. The number of benzene rings is 1. The number of nitrogens with two attached hydrogens (primary N) is 1. The van der Waals surface area contributed by atoms with E-state index in [1.165, 1.54) is 17.7 Å². The molecule has 3 aromatic heterocycles. The van der Waals surface area contributed by atoms with Gasteiger partial charge in [0.05, 0.1) is 11.8 Å². The van der Waals surface area contributed by atoms with Gasteiger partial charge in [-0.1, -0.05) is 41.7 Å². The van der Waals surface area contributed by atoms with Gasteiger partial charge in [-0.2, -0.15) is 0 Å². The summed E-state index contributed by atoms with van der Waals surface area (Å²) in [5, 5.41) is 10.5. The van der Waals surface area contributed by atoms with Crippen molar-refractivity contribution < 1.29 is 5.11 Å². The van der Waals surface area contributed by atoms with Gasteiger partial charge >= 0.3 is 0 Å². The van der Waals surface area contributed by atoms with Crippen molar-refractivity contribution in [2.45, 2.75) is 25.9 Å². The van der Waals surface area contributed by atoms with Gasteiger partial charge in [-0.25, -0.2) is 19.9 Å². The molecule has 0 saturated carbocycles. The number of hydrogen-bond donors (Lipinski definition) is 2. The van der Waals surface area contributed by atoms with Crippen molar-refractivity contribution in [1.29, 1.82) is 0 Å². The number of aromatic nitrogens is 5. The van der Waals surface area contributed by atoms with Crippen molar-refractivity contribution in [3.63, 3.8) is 0 Å². The summed E-state index contributed by atoms with van der Waals surface area (Å²) in [6.45, 7) is 1.79. The van der Waals surface area contributed by atoms with Gasteiger partial charge in [0, 0.05) is 19.0 Å². The van der Waals surface area contributed by atoms with E-state index in [0.29, 0.717) is 24.2 Å². The quantitative estimate of drug-likeness (QED) is 0.552. The molecule has 8 heteroatoms. The fourth-order valence-corrected chi connectivity index (χ4v) is 4.02. The van der Waals surface area contributed by atoms with Gasteiger partial charge in [0.1, 0.15) is 33.2 Å². The highest BCUT2D eigenvalue weighted by atomic mass is 32.1. The van der Waals surface area contributed by atoms with Crippen LogP contribution in [0.3, 0.4) is 0 Å². The molecule has 3 N–H and O–H groups in total. The smallest absolute Gasteiger partial charge is 0.154 e. The average molecular weight is 380 g/mol. The number of imidazole rings is 1. The molecule has 0 aliphatic rings. The number of nitrogen functional groups attached to an aromatic ring is 1. The lowest BCUT2D eigenvalue weighted by atomic mass is 10.1. The van der Waals surface area contributed by atoms with Gasteiger partial charge in [0.15, 0.2) is 5.82 Å². The average Bonchev–Trinajstić information content (AvgIpc) is 3.22. The van der Waals surface area contributed by atoms with E-state index in [2.05, 4.69) is 9.97 Å². The molecule has 1 unspecified atom stereocenters. The molecule has 0 bridgehead atoms. The number of nitrogens with zero attached hydrogens (tertiary/aromatic N) is 5. The van der Waals surface area contributed by atoms with Crippen molar-refractivity contribution in [2.75, 3.05) is 5.73 Å². The molecule has 7 nitrogen and oxygen atoms in total. The highest BCUT2D eigenvalue weighted by Gasteiger charge is 2.22. The first-order valence-corrected chi connectivity index (χ1v) is 9.52. The molecule has 0 aliphatic heterocycles. The molecule has 0 radical (unpaired) electrons. The third kappa shape index (κ3) is 3.29. The minimum Gasteiger partial charge on any atom is -0.393 e. The van der Waals surface area contributed by atoms with Crippen LogP contribution in [0.5, 0.6) is 0 Å². The molecule has 0 saturated heterocycles. The zero-order valence-electron chi connectivity index (χ0n) is 15.1. The normalized spacial score (nSPS) is 12.6. The Morgan fingerprint density at radius 3 is 2.67 bits per heavy atom. The second-order valence-corrected chi connectivity index (χ2v) is 7.45. The minimum atomic E-state index is -0.372. The summed E-state index contributed by atoms with van der Waals surface area (Å²) in [5.41, 5.74) is 9.38. The highest BCUT2D eigenvalue weighted by Crippen LogP contribution is 2.37. The molecule has 0 spiro atoms. The minimum absolute atomic E-state index is 0.372. The molecule has 1 atom stereocenters. The van der Waals surface area contributed by atoms with E-state index >= 15 is 0 Å². The molecule has 27 heavy (non-hydrogen) atoms. The summed E-state index contributed by atoms with van der Waals surface area (Å²) < 4.78 is 2.05. The van der Waals surface area contributed by atoms with E-state index in [1.54, 1.807) is 6.92 Å². The Morgan fingerprint density at radius 2 is 1.96 bits per heavy atom. The third-order valence-electron chi connectivity index (χ3n) is 4.45. The zero-order valence-corrected chi connectivity index (χ0v) is 15.9. The topological polar surface area (TPSA) is 103 Å². The Kier molecular flexibility index (Phi) is 4.59. The van der Waals surface area contributed by atoms with E-state index in [1.807, 2.05) is 41.9 Å². The standard InChI is InChI=1S/C19H20N6OS/c1-11(26)8-9-13-23-14(12-6-4-3-5-7-12)16(25(13)2)19-24-15-17(20)21-10-22-18(15)27-19/h3-7,10-11,26H,8-9H2,1-2H3,(H2,20,21,22). The first-order valence-electron chi connectivity index (χ1n) is 8.71. The molecule has 1 aromatic carbocycles. The van der Waals surface area contributed by atoms with Crippen molar-refractivity contribution >= 4 is 27.5 Å². The van der Waals surface area contributed by atoms with E-state index in [0.717, 1.165) is 32.6 Å². The largest absolute Gasteiger partial charge is 0.393 e. The van der Waals surface area contributed by atoms with Crippen LogP contribution in [0.15, 0.2) is 36.7 Å². The Hall–Kier alpha value is -2.84. The Labute approximate surface area is 160 Å². The molecule has 0 amide bonds. The van der Waals surface area contributed by atoms with Crippen LogP contribution in [0.2, 0.25) is 0 Å². The number of anilines is 1. The summed E-state index contributed by atoms with van der Waals surface area (Å²) in [6.07, 6.45) is 2.41.